The SMILES string of the molecule is CC(C)c1cccc(OCC(=O)N2CC[C@@H](N)C[C@@H]2C)c1. The number of nitrogens with two attached hydrogens (primary N) is 1. The first-order valence-corrected chi connectivity index (χ1v) is 7.75. The maximum atomic E-state index is 12.3. The summed E-state index contributed by atoms with van der Waals surface area (Å²) in [6.45, 7) is 7.17. The largest absolute Gasteiger partial charge is 0.484 e. The fraction of sp³-hybridized carbons (Fsp3) is 0.588. The number of carbonyl (C=O) groups excluding carboxylic acids is 1. The fourth-order valence-corrected chi connectivity index (χ4v) is 2.77. The monoisotopic (exact) mass is 290 g/mol. The molecule has 1 aliphatic heterocycles. The van der Waals surface area contributed by atoms with Crippen LogP contribution in [0.2, 0.25) is 0 Å². The number of piperidine rings is 1. The minimum Gasteiger partial charge on any atom is -0.484 e. The lowest BCUT2D eigenvalue weighted by atomic mass is 9.99. The number of benzene rings is 1. The molecule has 1 aliphatic rings. The summed E-state index contributed by atoms with van der Waals surface area (Å²) in [4.78, 5) is 14.2. The highest BCUT2D eigenvalue weighted by molar-refractivity contribution is 5.78. The molecule has 2 N–H and O–H groups in total. The zero-order valence-electron chi connectivity index (χ0n) is 13.2. The maximum Gasteiger partial charge on any atom is 0.260 e. The molecule has 1 aromatic carbocycles. The highest BCUT2D eigenvalue weighted by Gasteiger charge is 2.27. The van der Waals surface area contributed by atoms with Crippen LogP contribution in [0.15, 0.2) is 24.3 Å². The van der Waals surface area contributed by atoms with Gasteiger partial charge >= 0.3 is 0 Å². The highest BCUT2D eigenvalue weighted by atomic mass is 16.5. The number of rotatable bonds is 4. The average molecular weight is 290 g/mol. The van der Waals surface area contributed by atoms with Crippen LogP contribution in [0.4, 0.5) is 0 Å². The highest BCUT2D eigenvalue weighted by Crippen LogP contribution is 2.21. The number of hydrogen-bond donors (Lipinski definition) is 1. The molecule has 1 heterocycles. The van der Waals surface area contributed by atoms with E-state index in [9.17, 15) is 4.79 Å². The summed E-state index contributed by atoms with van der Waals surface area (Å²) in [5, 5.41) is 0. The van der Waals surface area contributed by atoms with Gasteiger partial charge in [-0.05, 0) is 43.4 Å². The van der Waals surface area contributed by atoms with E-state index in [1.54, 1.807) is 0 Å². The van der Waals surface area contributed by atoms with E-state index in [0.717, 1.165) is 25.1 Å². The summed E-state index contributed by atoms with van der Waals surface area (Å²) in [6.07, 6.45) is 1.74. The summed E-state index contributed by atoms with van der Waals surface area (Å²) >= 11 is 0. The number of carbonyl (C=O) groups is 1. The van der Waals surface area contributed by atoms with E-state index in [0.29, 0.717) is 5.92 Å². The molecule has 0 aromatic heterocycles. The number of amides is 1. The van der Waals surface area contributed by atoms with Crippen molar-refractivity contribution >= 4 is 5.91 Å². The van der Waals surface area contributed by atoms with Crippen molar-refractivity contribution in [2.24, 2.45) is 5.73 Å². The zero-order chi connectivity index (χ0) is 15.4. The van der Waals surface area contributed by atoms with E-state index in [1.165, 1.54) is 5.56 Å². The van der Waals surface area contributed by atoms with Gasteiger partial charge in [0.2, 0.25) is 0 Å². The summed E-state index contributed by atoms with van der Waals surface area (Å²) < 4.78 is 5.66. The Balaban J connectivity index is 1.90. The van der Waals surface area contributed by atoms with Crippen LogP contribution in [-0.2, 0) is 4.79 Å². The molecule has 21 heavy (non-hydrogen) atoms. The third-order valence-electron chi connectivity index (χ3n) is 4.12. The van der Waals surface area contributed by atoms with Crippen LogP contribution in [0.1, 0.15) is 45.1 Å². The molecule has 1 fully saturated rings. The van der Waals surface area contributed by atoms with E-state index in [2.05, 4.69) is 26.8 Å². The quantitative estimate of drug-likeness (QED) is 0.927. The molecule has 1 saturated heterocycles. The van der Waals surface area contributed by atoms with Crippen molar-refractivity contribution in [1.29, 1.82) is 0 Å². The van der Waals surface area contributed by atoms with Crippen LogP contribution in [-0.4, -0.2) is 36.0 Å². The Morgan fingerprint density at radius 2 is 2.24 bits per heavy atom. The fourth-order valence-electron chi connectivity index (χ4n) is 2.77. The van der Waals surface area contributed by atoms with E-state index in [4.69, 9.17) is 10.5 Å². The van der Waals surface area contributed by atoms with Crippen molar-refractivity contribution in [3.05, 3.63) is 29.8 Å². The van der Waals surface area contributed by atoms with Gasteiger partial charge in [-0.3, -0.25) is 4.79 Å². The van der Waals surface area contributed by atoms with Gasteiger partial charge in [-0.2, -0.15) is 0 Å². The third kappa shape index (κ3) is 4.21. The van der Waals surface area contributed by atoms with Crippen molar-refractivity contribution < 1.29 is 9.53 Å². The molecule has 1 aromatic rings. The van der Waals surface area contributed by atoms with Gasteiger partial charge in [0, 0.05) is 18.6 Å². The molecular weight excluding hydrogens is 264 g/mol. The summed E-state index contributed by atoms with van der Waals surface area (Å²) in [5.74, 6) is 1.26. The second kappa shape index (κ2) is 6.94. The third-order valence-corrected chi connectivity index (χ3v) is 4.12. The standard InChI is InChI=1S/C17H26N2O2/c1-12(2)14-5-4-6-16(10-14)21-11-17(20)19-8-7-15(18)9-13(19)3/h4-6,10,12-13,15H,7-9,11,18H2,1-3H3/t13-,15+/m0/s1. The number of hydrogen-bond acceptors (Lipinski definition) is 3. The predicted octanol–water partition coefficient (Wildman–Crippen LogP) is 2.53. The summed E-state index contributed by atoms with van der Waals surface area (Å²) in [5.41, 5.74) is 7.15. The van der Waals surface area contributed by atoms with Gasteiger partial charge in [-0.1, -0.05) is 26.0 Å². The lowest BCUT2D eigenvalue weighted by Crippen LogP contribution is -2.49. The van der Waals surface area contributed by atoms with Crippen LogP contribution in [0.25, 0.3) is 0 Å². The lowest BCUT2D eigenvalue weighted by Gasteiger charge is -2.36. The van der Waals surface area contributed by atoms with E-state index < -0.39 is 0 Å². The maximum absolute atomic E-state index is 12.3. The van der Waals surface area contributed by atoms with Crippen molar-refractivity contribution in [2.45, 2.75) is 51.6 Å². The van der Waals surface area contributed by atoms with E-state index in [1.807, 2.05) is 23.1 Å². The Kier molecular flexibility index (Phi) is 5.23. The first-order valence-electron chi connectivity index (χ1n) is 7.75. The van der Waals surface area contributed by atoms with Crippen molar-refractivity contribution in [2.75, 3.05) is 13.2 Å². The Morgan fingerprint density at radius 3 is 2.90 bits per heavy atom. The van der Waals surface area contributed by atoms with Gasteiger partial charge in [0.1, 0.15) is 5.75 Å². The minimum atomic E-state index is 0.0457. The van der Waals surface area contributed by atoms with Crippen LogP contribution in [0.5, 0.6) is 5.75 Å². The van der Waals surface area contributed by atoms with Crippen LogP contribution >= 0.6 is 0 Å². The van der Waals surface area contributed by atoms with Crippen LogP contribution < -0.4 is 10.5 Å². The Bertz CT molecular complexity index is 487. The Hall–Kier alpha value is -1.55. The molecule has 0 bridgehead atoms. The predicted molar refractivity (Wildman–Crippen MR) is 84.4 cm³/mol. The molecule has 0 saturated carbocycles. The number of nitrogens with zero attached hydrogens (tertiary/aromatic N) is 1. The van der Waals surface area contributed by atoms with Gasteiger partial charge in [-0.25, -0.2) is 0 Å². The number of ether oxygens (including phenoxy) is 1. The van der Waals surface area contributed by atoms with Gasteiger partial charge < -0.3 is 15.4 Å². The van der Waals surface area contributed by atoms with E-state index in [-0.39, 0.29) is 24.6 Å². The molecule has 0 unspecified atom stereocenters. The van der Waals surface area contributed by atoms with Crippen molar-refractivity contribution in [3.8, 4) is 5.75 Å². The van der Waals surface area contributed by atoms with Gasteiger partial charge in [0.05, 0.1) is 0 Å². The molecule has 0 aliphatic carbocycles. The number of likely N-dealkylation sites (tertiary alicyclic amines) is 1. The van der Waals surface area contributed by atoms with Crippen LogP contribution in [0.3, 0.4) is 0 Å². The first kappa shape index (κ1) is 15.8. The molecule has 4 nitrogen and oxygen atoms in total. The smallest absolute Gasteiger partial charge is 0.260 e. The molecular formula is C17H26N2O2. The second-order valence-corrected chi connectivity index (χ2v) is 6.24. The summed E-state index contributed by atoms with van der Waals surface area (Å²) in [6, 6.07) is 8.37. The van der Waals surface area contributed by atoms with Gasteiger partial charge in [0.25, 0.3) is 5.91 Å². The second-order valence-electron chi connectivity index (χ2n) is 6.24. The summed E-state index contributed by atoms with van der Waals surface area (Å²) in [7, 11) is 0. The molecule has 2 atom stereocenters. The molecule has 4 heteroatoms. The van der Waals surface area contributed by atoms with Crippen molar-refractivity contribution in [3.63, 3.8) is 0 Å². The molecule has 0 radical (unpaired) electrons. The first-order chi connectivity index (χ1) is 9.97. The lowest BCUT2D eigenvalue weighted by molar-refractivity contribution is -0.136. The zero-order valence-corrected chi connectivity index (χ0v) is 13.2. The molecule has 116 valence electrons. The Morgan fingerprint density at radius 1 is 1.48 bits per heavy atom. The van der Waals surface area contributed by atoms with Gasteiger partial charge in [-0.15, -0.1) is 0 Å². The van der Waals surface area contributed by atoms with Gasteiger partial charge in [0.15, 0.2) is 6.61 Å². The molecule has 1 amide bonds. The minimum absolute atomic E-state index is 0.0457. The van der Waals surface area contributed by atoms with Crippen LogP contribution in [0, 0.1) is 0 Å². The average Bonchev–Trinajstić information content (AvgIpc) is 2.45. The Labute approximate surface area is 127 Å². The normalized spacial score (nSPS) is 22.4. The van der Waals surface area contributed by atoms with Crippen molar-refractivity contribution in [1.82, 2.24) is 4.90 Å². The molecule has 2 rings (SSSR count). The van der Waals surface area contributed by atoms with E-state index >= 15 is 0 Å². The molecule has 0 spiro atoms. The topological polar surface area (TPSA) is 55.6 Å².